The summed E-state index contributed by atoms with van der Waals surface area (Å²) in [5.41, 5.74) is 0. The molecule has 0 saturated carbocycles. The lowest BCUT2D eigenvalue weighted by atomic mass is 10.0. The first-order chi connectivity index (χ1) is 12.6. The van der Waals surface area contributed by atoms with Crippen molar-refractivity contribution in [2.24, 2.45) is 0 Å². The maximum Gasteiger partial charge on any atom is 0.236 e. The van der Waals surface area contributed by atoms with E-state index in [-0.39, 0.29) is 0 Å². The van der Waals surface area contributed by atoms with Crippen molar-refractivity contribution in [1.82, 2.24) is 19.8 Å². The van der Waals surface area contributed by atoms with E-state index >= 15 is 0 Å². The molecule has 1 aromatic heterocycles. The number of anilines is 2. The molecule has 26 heavy (non-hydrogen) atoms. The van der Waals surface area contributed by atoms with E-state index in [9.17, 15) is 4.79 Å². The first-order valence-corrected chi connectivity index (χ1v) is 9.88. The standard InChI is InChI=1S/C19H32N6O/c1-23(2)18-13-17(20-15-21-18)22-16-7-11-24(12-8-16)14-19(26)25-9-5-3-4-6-10-25/h13,15-16H,3-12,14H2,1-2H3,(H,20,21,22). The van der Waals surface area contributed by atoms with E-state index < -0.39 is 0 Å². The molecule has 2 fully saturated rings. The van der Waals surface area contributed by atoms with Crippen LogP contribution in [0.25, 0.3) is 0 Å². The van der Waals surface area contributed by atoms with Gasteiger partial charge in [-0.15, -0.1) is 0 Å². The highest BCUT2D eigenvalue weighted by molar-refractivity contribution is 5.78. The van der Waals surface area contributed by atoms with Gasteiger partial charge in [-0.1, -0.05) is 12.8 Å². The van der Waals surface area contributed by atoms with Crippen molar-refractivity contribution in [2.75, 3.05) is 57.0 Å². The van der Waals surface area contributed by atoms with Crippen LogP contribution in [-0.2, 0) is 4.79 Å². The molecule has 1 N–H and O–H groups in total. The molecule has 2 aliphatic heterocycles. The summed E-state index contributed by atoms with van der Waals surface area (Å²) >= 11 is 0. The Morgan fingerprint density at radius 2 is 1.81 bits per heavy atom. The zero-order valence-electron chi connectivity index (χ0n) is 16.2. The Bertz CT molecular complexity index is 577. The molecule has 0 bridgehead atoms. The lowest BCUT2D eigenvalue weighted by Gasteiger charge is -2.33. The van der Waals surface area contributed by atoms with E-state index in [2.05, 4.69) is 25.1 Å². The molecule has 7 nitrogen and oxygen atoms in total. The van der Waals surface area contributed by atoms with Crippen LogP contribution in [-0.4, -0.2) is 78.5 Å². The van der Waals surface area contributed by atoms with Crippen LogP contribution in [0, 0.1) is 0 Å². The average molecular weight is 361 g/mol. The Kier molecular flexibility index (Phi) is 6.66. The summed E-state index contributed by atoms with van der Waals surface area (Å²) in [7, 11) is 3.96. The zero-order valence-corrected chi connectivity index (χ0v) is 16.2. The number of hydrogen-bond donors (Lipinski definition) is 1. The van der Waals surface area contributed by atoms with Crippen LogP contribution in [0.1, 0.15) is 38.5 Å². The second-order valence-electron chi connectivity index (χ2n) is 7.65. The fourth-order valence-electron chi connectivity index (χ4n) is 3.73. The normalized spacial score (nSPS) is 19.8. The Balaban J connectivity index is 1.44. The summed E-state index contributed by atoms with van der Waals surface area (Å²) < 4.78 is 0. The van der Waals surface area contributed by atoms with E-state index in [1.165, 1.54) is 12.8 Å². The van der Waals surface area contributed by atoms with Crippen LogP contribution in [0.3, 0.4) is 0 Å². The van der Waals surface area contributed by atoms with Gasteiger partial charge in [0.05, 0.1) is 6.54 Å². The SMILES string of the molecule is CN(C)c1cc(NC2CCN(CC(=O)N3CCCCCC3)CC2)ncn1. The molecule has 0 radical (unpaired) electrons. The summed E-state index contributed by atoms with van der Waals surface area (Å²) in [5, 5.41) is 3.52. The predicted octanol–water partition coefficient (Wildman–Crippen LogP) is 1.82. The minimum Gasteiger partial charge on any atom is -0.367 e. The molecule has 2 saturated heterocycles. The Morgan fingerprint density at radius 3 is 2.46 bits per heavy atom. The number of aromatic nitrogens is 2. The number of amides is 1. The molecule has 0 unspecified atom stereocenters. The highest BCUT2D eigenvalue weighted by Crippen LogP contribution is 2.18. The molecule has 7 heteroatoms. The molecular formula is C19H32N6O. The Hall–Kier alpha value is -1.89. The molecule has 3 rings (SSSR count). The number of piperidine rings is 1. The van der Waals surface area contributed by atoms with Crippen molar-refractivity contribution in [1.29, 1.82) is 0 Å². The van der Waals surface area contributed by atoms with E-state index in [1.807, 2.05) is 25.1 Å². The lowest BCUT2D eigenvalue weighted by molar-refractivity contribution is -0.132. The molecule has 1 aromatic rings. The van der Waals surface area contributed by atoms with Crippen LogP contribution < -0.4 is 10.2 Å². The van der Waals surface area contributed by atoms with Crippen molar-refractivity contribution in [2.45, 2.75) is 44.6 Å². The van der Waals surface area contributed by atoms with Gasteiger partial charge in [-0.05, 0) is 25.7 Å². The van der Waals surface area contributed by atoms with Gasteiger partial charge in [-0.2, -0.15) is 0 Å². The first kappa shape index (κ1) is 18.9. The quantitative estimate of drug-likeness (QED) is 0.864. The molecule has 0 spiro atoms. The number of nitrogens with one attached hydrogen (secondary N) is 1. The van der Waals surface area contributed by atoms with Crippen molar-refractivity contribution in [3.05, 3.63) is 12.4 Å². The minimum absolute atomic E-state index is 0.310. The van der Waals surface area contributed by atoms with E-state index in [0.717, 1.165) is 63.5 Å². The minimum atomic E-state index is 0.310. The maximum absolute atomic E-state index is 12.5. The number of carbonyl (C=O) groups excluding carboxylic acids is 1. The van der Waals surface area contributed by atoms with Gasteiger partial charge >= 0.3 is 0 Å². The molecular weight excluding hydrogens is 328 g/mol. The predicted molar refractivity (Wildman–Crippen MR) is 104 cm³/mol. The maximum atomic E-state index is 12.5. The van der Waals surface area contributed by atoms with Crippen LogP contribution in [0.15, 0.2) is 12.4 Å². The van der Waals surface area contributed by atoms with Crippen molar-refractivity contribution in [3.8, 4) is 0 Å². The van der Waals surface area contributed by atoms with Gasteiger partial charge in [0.15, 0.2) is 0 Å². The second kappa shape index (κ2) is 9.16. The van der Waals surface area contributed by atoms with Crippen LogP contribution in [0.5, 0.6) is 0 Å². The highest BCUT2D eigenvalue weighted by atomic mass is 16.2. The second-order valence-corrected chi connectivity index (χ2v) is 7.65. The molecule has 0 aromatic carbocycles. The van der Waals surface area contributed by atoms with Gasteiger partial charge in [-0.3, -0.25) is 9.69 Å². The van der Waals surface area contributed by atoms with Crippen LogP contribution >= 0.6 is 0 Å². The van der Waals surface area contributed by atoms with Crippen LogP contribution in [0.4, 0.5) is 11.6 Å². The first-order valence-electron chi connectivity index (χ1n) is 9.88. The molecule has 3 heterocycles. The molecule has 0 atom stereocenters. The molecule has 2 aliphatic rings. The van der Waals surface area contributed by atoms with Crippen molar-refractivity contribution >= 4 is 17.5 Å². The average Bonchev–Trinajstić information content (AvgIpc) is 2.93. The summed E-state index contributed by atoms with van der Waals surface area (Å²) in [5.74, 6) is 2.09. The van der Waals surface area contributed by atoms with E-state index in [1.54, 1.807) is 6.33 Å². The van der Waals surface area contributed by atoms with Gasteiger partial charge in [0.1, 0.15) is 18.0 Å². The molecule has 0 aliphatic carbocycles. The third-order valence-corrected chi connectivity index (χ3v) is 5.37. The van der Waals surface area contributed by atoms with Gasteiger partial charge < -0.3 is 15.1 Å². The smallest absolute Gasteiger partial charge is 0.236 e. The molecule has 144 valence electrons. The number of hydrogen-bond acceptors (Lipinski definition) is 6. The van der Waals surface area contributed by atoms with Crippen molar-refractivity contribution < 1.29 is 4.79 Å². The largest absolute Gasteiger partial charge is 0.367 e. The van der Waals surface area contributed by atoms with E-state index in [4.69, 9.17) is 0 Å². The third kappa shape index (κ3) is 5.30. The van der Waals surface area contributed by atoms with Gasteiger partial charge in [0.25, 0.3) is 0 Å². The Labute approximate surface area is 156 Å². The summed E-state index contributed by atoms with van der Waals surface area (Å²) in [4.78, 5) is 27.5. The number of likely N-dealkylation sites (tertiary alicyclic amines) is 2. The lowest BCUT2D eigenvalue weighted by Crippen LogP contribution is -2.45. The van der Waals surface area contributed by atoms with Gasteiger partial charge in [0.2, 0.25) is 5.91 Å². The Morgan fingerprint density at radius 1 is 1.12 bits per heavy atom. The summed E-state index contributed by atoms with van der Waals surface area (Å²) in [6, 6.07) is 2.39. The number of carbonyl (C=O) groups is 1. The zero-order chi connectivity index (χ0) is 18.4. The number of nitrogens with zero attached hydrogens (tertiary/aromatic N) is 5. The van der Waals surface area contributed by atoms with Gasteiger partial charge in [0, 0.05) is 52.4 Å². The number of rotatable bonds is 5. The summed E-state index contributed by atoms with van der Waals surface area (Å²) in [6.45, 7) is 4.38. The fourth-order valence-corrected chi connectivity index (χ4v) is 3.73. The topological polar surface area (TPSA) is 64.6 Å². The monoisotopic (exact) mass is 360 g/mol. The highest BCUT2D eigenvalue weighted by Gasteiger charge is 2.23. The van der Waals surface area contributed by atoms with Crippen molar-refractivity contribution in [3.63, 3.8) is 0 Å². The molecule has 1 amide bonds. The van der Waals surface area contributed by atoms with E-state index in [0.29, 0.717) is 18.5 Å². The summed E-state index contributed by atoms with van der Waals surface area (Å²) in [6.07, 6.45) is 8.52. The van der Waals surface area contributed by atoms with Gasteiger partial charge in [-0.25, -0.2) is 9.97 Å². The third-order valence-electron chi connectivity index (χ3n) is 5.37. The van der Waals surface area contributed by atoms with Crippen LogP contribution in [0.2, 0.25) is 0 Å². The fraction of sp³-hybridized carbons (Fsp3) is 0.737.